The van der Waals surface area contributed by atoms with Gasteiger partial charge in [-0.15, -0.1) is 11.3 Å². The van der Waals surface area contributed by atoms with E-state index < -0.39 is 0 Å². The average molecular weight is 213 g/mol. The summed E-state index contributed by atoms with van der Waals surface area (Å²) in [6.45, 7) is 6.29. The standard InChI is InChI=1S/C10H19N3S/c1-8-9(2)14-10(12-8)11-6-5-7-13(3)4/h5-7H2,1-4H3,(H,11,12). The smallest absolute Gasteiger partial charge is 0.183 e. The summed E-state index contributed by atoms with van der Waals surface area (Å²) in [7, 11) is 4.19. The Kier molecular flexibility index (Phi) is 4.35. The van der Waals surface area contributed by atoms with Gasteiger partial charge in [-0.25, -0.2) is 4.98 Å². The number of anilines is 1. The fourth-order valence-corrected chi connectivity index (χ4v) is 1.98. The molecule has 1 rings (SSSR count). The highest BCUT2D eigenvalue weighted by molar-refractivity contribution is 7.15. The molecule has 0 spiro atoms. The van der Waals surface area contributed by atoms with Crippen molar-refractivity contribution < 1.29 is 0 Å². The number of hydrogen-bond acceptors (Lipinski definition) is 4. The molecule has 3 nitrogen and oxygen atoms in total. The fraction of sp³-hybridized carbons (Fsp3) is 0.700. The van der Waals surface area contributed by atoms with Crippen LogP contribution in [0.25, 0.3) is 0 Å². The van der Waals surface area contributed by atoms with Crippen molar-refractivity contribution in [3.05, 3.63) is 10.6 Å². The highest BCUT2D eigenvalue weighted by Gasteiger charge is 2.01. The van der Waals surface area contributed by atoms with E-state index in [1.807, 2.05) is 0 Å². The SMILES string of the molecule is Cc1nc(NCCCN(C)C)sc1C. The Balaban J connectivity index is 2.25. The molecule has 0 aliphatic heterocycles. The van der Waals surface area contributed by atoms with Gasteiger partial charge in [0.25, 0.3) is 0 Å². The first kappa shape index (κ1) is 11.5. The Morgan fingerprint density at radius 1 is 1.36 bits per heavy atom. The van der Waals surface area contributed by atoms with Crippen molar-refractivity contribution in [2.45, 2.75) is 20.3 Å². The van der Waals surface area contributed by atoms with E-state index in [9.17, 15) is 0 Å². The van der Waals surface area contributed by atoms with Crippen LogP contribution in [0.3, 0.4) is 0 Å². The molecule has 0 saturated heterocycles. The first-order valence-electron chi connectivity index (χ1n) is 4.92. The average Bonchev–Trinajstić information content (AvgIpc) is 2.40. The van der Waals surface area contributed by atoms with E-state index in [1.165, 1.54) is 4.88 Å². The molecule has 14 heavy (non-hydrogen) atoms. The van der Waals surface area contributed by atoms with Crippen molar-refractivity contribution in [2.75, 3.05) is 32.5 Å². The largest absolute Gasteiger partial charge is 0.361 e. The van der Waals surface area contributed by atoms with Crippen LogP contribution in [-0.4, -0.2) is 37.1 Å². The quantitative estimate of drug-likeness (QED) is 0.759. The molecular formula is C10H19N3S. The molecule has 80 valence electrons. The van der Waals surface area contributed by atoms with Crippen LogP contribution in [0.5, 0.6) is 0 Å². The van der Waals surface area contributed by atoms with E-state index in [1.54, 1.807) is 11.3 Å². The fourth-order valence-electron chi connectivity index (χ4n) is 1.14. The first-order valence-corrected chi connectivity index (χ1v) is 5.74. The van der Waals surface area contributed by atoms with Gasteiger partial charge in [-0.2, -0.15) is 0 Å². The summed E-state index contributed by atoms with van der Waals surface area (Å²) in [6, 6.07) is 0. The third-order valence-corrected chi connectivity index (χ3v) is 3.12. The number of hydrogen-bond donors (Lipinski definition) is 1. The van der Waals surface area contributed by atoms with Gasteiger partial charge in [-0.1, -0.05) is 0 Å². The molecule has 1 aromatic heterocycles. The molecule has 1 heterocycles. The van der Waals surface area contributed by atoms with Gasteiger partial charge in [-0.05, 0) is 40.9 Å². The van der Waals surface area contributed by atoms with Crippen molar-refractivity contribution in [1.29, 1.82) is 0 Å². The predicted molar refractivity (Wildman–Crippen MR) is 63.2 cm³/mol. The molecule has 0 unspecified atom stereocenters. The van der Waals surface area contributed by atoms with Crippen molar-refractivity contribution in [3.8, 4) is 0 Å². The second-order valence-electron chi connectivity index (χ2n) is 3.74. The molecule has 0 aromatic carbocycles. The summed E-state index contributed by atoms with van der Waals surface area (Å²) in [6.07, 6.45) is 1.16. The lowest BCUT2D eigenvalue weighted by molar-refractivity contribution is 0.405. The van der Waals surface area contributed by atoms with Gasteiger partial charge in [0.1, 0.15) is 0 Å². The Morgan fingerprint density at radius 2 is 2.07 bits per heavy atom. The molecule has 4 heteroatoms. The summed E-state index contributed by atoms with van der Waals surface area (Å²) >= 11 is 1.74. The lowest BCUT2D eigenvalue weighted by Gasteiger charge is -2.08. The summed E-state index contributed by atoms with van der Waals surface area (Å²) in [5.74, 6) is 0. The van der Waals surface area contributed by atoms with Gasteiger partial charge >= 0.3 is 0 Å². The molecule has 0 saturated carbocycles. The molecule has 0 atom stereocenters. The Labute approximate surface area is 90.2 Å². The second-order valence-corrected chi connectivity index (χ2v) is 4.95. The Bertz CT molecular complexity index is 261. The van der Waals surface area contributed by atoms with E-state index in [0.717, 1.165) is 30.3 Å². The summed E-state index contributed by atoms with van der Waals surface area (Å²) < 4.78 is 0. The molecule has 0 amide bonds. The number of nitrogens with one attached hydrogen (secondary N) is 1. The monoisotopic (exact) mass is 213 g/mol. The van der Waals surface area contributed by atoms with Gasteiger partial charge < -0.3 is 10.2 Å². The molecule has 1 aromatic rings. The van der Waals surface area contributed by atoms with Crippen LogP contribution in [0.1, 0.15) is 17.0 Å². The molecular weight excluding hydrogens is 194 g/mol. The number of aryl methyl sites for hydroxylation is 2. The molecule has 1 N–H and O–H groups in total. The zero-order valence-electron chi connectivity index (χ0n) is 9.42. The highest BCUT2D eigenvalue weighted by Crippen LogP contribution is 2.20. The summed E-state index contributed by atoms with van der Waals surface area (Å²) in [5, 5.41) is 4.40. The molecule has 0 aliphatic carbocycles. The van der Waals surface area contributed by atoms with Crippen LogP contribution >= 0.6 is 11.3 Å². The molecule has 0 aliphatic rings. The Morgan fingerprint density at radius 3 is 2.57 bits per heavy atom. The molecule has 0 radical (unpaired) electrons. The van der Waals surface area contributed by atoms with Crippen LogP contribution in [0.2, 0.25) is 0 Å². The maximum atomic E-state index is 4.42. The van der Waals surface area contributed by atoms with E-state index in [0.29, 0.717) is 0 Å². The van der Waals surface area contributed by atoms with Crippen LogP contribution in [0.15, 0.2) is 0 Å². The number of nitrogens with zero attached hydrogens (tertiary/aromatic N) is 2. The minimum Gasteiger partial charge on any atom is -0.361 e. The van der Waals surface area contributed by atoms with Gasteiger partial charge in [-0.3, -0.25) is 0 Å². The highest BCUT2D eigenvalue weighted by atomic mass is 32.1. The number of aromatic nitrogens is 1. The normalized spacial score (nSPS) is 10.9. The zero-order chi connectivity index (χ0) is 10.6. The van der Waals surface area contributed by atoms with E-state index >= 15 is 0 Å². The van der Waals surface area contributed by atoms with Crippen LogP contribution in [0.4, 0.5) is 5.13 Å². The van der Waals surface area contributed by atoms with Crippen LogP contribution in [0, 0.1) is 13.8 Å². The van der Waals surface area contributed by atoms with E-state index in [-0.39, 0.29) is 0 Å². The van der Waals surface area contributed by atoms with Gasteiger partial charge in [0.15, 0.2) is 5.13 Å². The van der Waals surface area contributed by atoms with Gasteiger partial charge in [0.2, 0.25) is 0 Å². The lowest BCUT2D eigenvalue weighted by atomic mass is 10.4. The topological polar surface area (TPSA) is 28.2 Å². The molecule has 0 bridgehead atoms. The third-order valence-electron chi connectivity index (χ3n) is 2.09. The van der Waals surface area contributed by atoms with Gasteiger partial charge in [0, 0.05) is 11.4 Å². The third kappa shape index (κ3) is 3.64. The van der Waals surface area contributed by atoms with E-state index in [2.05, 4.69) is 43.1 Å². The van der Waals surface area contributed by atoms with Crippen molar-refractivity contribution in [1.82, 2.24) is 9.88 Å². The minimum absolute atomic E-state index is 1.00. The zero-order valence-corrected chi connectivity index (χ0v) is 10.2. The summed E-state index contributed by atoms with van der Waals surface area (Å²) in [5.41, 5.74) is 1.14. The van der Waals surface area contributed by atoms with Crippen molar-refractivity contribution in [2.24, 2.45) is 0 Å². The first-order chi connectivity index (χ1) is 6.59. The second kappa shape index (κ2) is 5.32. The predicted octanol–water partition coefficient (Wildman–Crippen LogP) is 2.12. The maximum absolute atomic E-state index is 4.42. The van der Waals surface area contributed by atoms with Crippen molar-refractivity contribution in [3.63, 3.8) is 0 Å². The minimum atomic E-state index is 1.00. The number of rotatable bonds is 5. The lowest BCUT2D eigenvalue weighted by Crippen LogP contribution is -2.16. The van der Waals surface area contributed by atoms with Crippen LogP contribution < -0.4 is 5.32 Å². The maximum Gasteiger partial charge on any atom is 0.183 e. The Hall–Kier alpha value is -0.610. The number of thiazole rings is 1. The summed E-state index contributed by atoms with van der Waals surface area (Å²) in [4.78, 5) is 7.92. The van der Waals surface area contributed by atoms with Crippen molar-refractivity contribution >= 4 is 16.5 Å². The van der Waals surface area contributed by atoms with Crippen LogP contribution in [-0.2, 0) is 0 Å². The molecule has 0 fully saturated rings. The van der Waals surface area contributed by atoms with E-state index in [4.69, 9.17) is 0 Å². The van der Waals surface area contributed by atoms with Gasteiger partial charge in [0.05, 0.1) is 5.69 Å².